The van der Waals surface area contributed by atoms with Crippen molar-refractivity contribution < 1.29 is 14.3 Å². The number of aromatic nitrogens is 1. The van der Waals surface area contributed by atoms with Gasteiger partial charge in [-0.1, -0.05) is 11.3 Å². The van der Waals surface area contributed by atoms with E-state index < -0.39 is 0 Å². The van der Waals surface area contributed by atoms with Crippen LogP contribution in [0.4, 0.5) is 5.13 Å². The second kappa shape index (κ2) is 7.20. The van der Waals surface area contributed by atoms with Crippen LogP contribution in [0.5, 0.6) is 0 Å². The Hall–Kier alpha value is -1.18. The van der Waals surface area contributed by atoms with Crippen LogP contribution in [0.2, 0.25) is 0 Å². The molecule has 0 fully saturated rings. The zero-order chi connectivity index (χ0) is 15.4. The second-order valence-corrected chi connectivity index (χ2v) is 6.88. The molecule has 0 aliphatic carbocycles. The highest BCUT2D eigenvalue weighted by atomic mass is 32.1. The Kier molecular flexibility index (Phi) is 5.55. The first-order valence-electron chi connectivity index (χ1n) is 6.91. The van der Waals surface area contributed by atoms with E-state index in [1.54, 1.807) is 18.3 Å². The average Bonchev–Trinajstić information content (AvgIpc) is 2.96. The topological polar surface area (TPSA) is 51.7 Å². The molecule has 0 aliphatic heterocycles. The van der Waals surface area contributed by atoms with Crippen molar-refractivity contribution in [1.29, 1.82) is 0 Å². The quantitative estimate of drug-likeness (QED) is 0.729. The number of hydrogen-bond donors (Lipinski definition) is 0. The molecule has 21 heavy (non-hydrogen) atoms. The maximum absolute atomic E-state index is 11.7. The Morgan fingerprint density at radius 3 is 2.81 bits per heavy atom. The molecule has 7 heteroatoms. The number of hydrogen-bond acceptors (Lipinski definition) is 7. The first-order chi connectivity index (χ1) is 10.0. The molecule has 2 heterocycles. The van der Waals surface area contributed by atoms with Gasteiger partial charge in [-0.3, -0.25) is 0 Å². The van der Waals surface area contributed by atoms with E-state index in [9.17, 15) is 4.79 Å². The zero-order valence-corrected chi connectivity index (χ0v) is 14.3. The summed E-state index contributed by atoms with van der Waals surface area (Å²) < 4.78 is 11.6. The third kappa shape index (κ3) is 4.15. The predicted molar refractivity (Wildman–Crippen MR) is 87.8 cm³/mol. The summed E-state index contributed by atoms with van der Waals surface area (Å²) in [6, 6.07) is 1.86. The van der Waals surface area contributed by atoms with E-state index in [1.165, 1.54) is 11.3 Å². The third-order valence-electron chi connectivity index (χ3n) is 2.76. The maximum Gasteiger partial charge on any atom is 0.348 e. The lowest BCUT2D eigenvalue weighted by Gasteiger charge is -2.16. The Morgan fingerprint density at radius 1 is 1.43 bits per heavy atom. The van der Waals surface area contributed by atoms with Crippen LogP contribution in [0, 0.1) is 0 Å². The van der Waals surface area contributed by atoms with Crippen LogP contribution in [0.3, 0.4) is 0 Å². The van der Waals surface area contributed by atoms with Crippen LogP contribution in [-0.4, -0.2) is 43.9 Å². The Balaban J connectivity index is 2.02. The number of ether oxygens (including phenoxy) is 2. The fraction of sp³-hybridized carbons (Fsp3) is 0.571. The number of anilines is 1. The van der Waals surface area contributed by atoms with Gasteiger partial charge in [0, 0.05) is 13.6 Å². The van der Waals surface area contributed by atoms with Crippen molar-refractivity contribution in [3.05, 3.63) is 10.9 Å². The summed E-state index contributed by atoms with van der Waals surface area (Å²) in [5.41, 5.74) is 0. The van der Waals surface area contributed by atoms with Crippen LogP contribution in [-0.2, 0) is 9.47 Å². The van der Waals surface area contributed by atoms with E-state index >= 15 is 0 Å². The SMILES string of the molecule is CCOC(=O)c1cc2sc(N(C)CCOC(C)C)nc2s1. The van der Waals surface area contributed by atoms with Gasteiger partial charge in [-0.2, -0.15) is 0 Å². The van der Waals surface area contributed by atoms with Crippen molar-refractivity contribution in [2.45, 2.75) is 26.9 Å². The summed E-state index contributed by atoms with van der Waals surface area (Å²) in [5.74, 6) is -0.270. The number of likely N-dealkylation sites (N-methyl/N-ethyl adjacent to an activating group) is 1. The number of carbonyl (C=O) groups is 1. The minimum atomic E-state index is -0.270. The highest BCUT2D eigenvalue weighted by Gasteiger charge is 2.16. The maximum atomic E-state index is 11.7. The lowest BCUT2D eigenvalue weighted by atomic mass is 10.5. The van der Waals surface area contributed by atoms with Gasteiger partial charge in [0.05, 0.1) is 24.0 Å². The Bertz CT molecular complexity index is 575. The smallest absolute Gasteiger partial charge is 0.348 e. The van der Waals surface area contributed by atoms with Gasteiger partial charge in [-0.05, 0) is 26.8 Å². The van der Waals surface area contributed by atoms with Crippen molar-refractivity contribution in [2.75, 3.05) is 31.7 Å². The van der Waals surface area contributed by atoms with Gasteiger partial charge >= 0.3 is 5.97 Å². The fourth-order valence-corrected chi connectivity index (χ4v) is 3.80. The summed E-state index contributed by atoms with van der Waals surface area (Å²) in [4.78, 5) is 19.8. The number of carbonyl (C=O) groups excluding carboxylic acids is 1. The summed E-state index contributed by atoms with van der Waals surface area (Å²) in [5, 5.41) is 0.944. The van der Waals surface area contributed by atoms with Crippen LogP contribution < -0.4 is 4.90 Å². The van der Waals surface area contributed by atoms with Crippen LogP contribution in [0.1, 0.15) is 30.4 Å². The van der Waals surface area contributed by atoms with Gasteiger partial charge in [-0.25, -0.2) is 9.78 Å². The van der Waals surface area contributed by atoms with Crippen molar-refractivity contribution >= 4 is 43.3 Å². The van der Waals surface area contributed by atoms with Crippen molar-refractivity contribution in [1.82, 2.24) is 4.98 Å². The van der Waals surface area contributed by atoms with Crippen LogP contribution in [0.15, 0.2) is 6.07 Å². The van der Waals surface area contributed by atoms with E-state index in [0.29, 0.717) is 18.1 Å². The molecule has 0 unspecified atom stereocenters. The summed E-state index contributed by atoms with van der Waals surface area (Å²) in [6.07, 6.45) is 0.241. The molecule has 0 saturated heterocycles. The van der Waals surface area contributed by atoms with Gasteiger partial charge in [-0.15, -0.1) is 11.3 Å². The second-order valence-electron chi connectivity index (χ2n) is 4.84. The van der Waals surface area contributed by atoms with E-state index in [1.807, 2.05) is 27.0 Å². The third-order valence-corrected chi connectivity index (χ3v) is 5.01. The monoisotopic (exact) mass is 328 g/mol. The molecule has 0 spiro atoms. The molecule has 0 N–H and O–H groups in total. The van der Waals surface area contributed by atoms with Crippen molar-refractivity contribution in [3.8, 4) is 0 Å². The molecule has 0 saturated carbocycles. The molecule has 116 valence electrons. The summed E-state index contributed by atoms with van der Waals surface area (Å²) in [7, 11) is 2.00. The van der Waals surface area contributed by atoms with Gasteiger partial charge in [0.25, 0.3) is 0 Å². The number of thiophene rings is 1. The number of esters is 1. The first kappa shape index (κ1) is 16.2. The minimum Gasteiger partial charge on any atom is -0.462 e. The summed E-state index contributed by atoms with van der Waals surface area (Å²) in [6.45, 7) is 7.71. The molecule has 0 atom stereocenters. The van der Waals surface area contributed by atoms with Crippen molar-refractivity contribution in [2.24, 2.45) is 0 Å². The standard InChI is InChI=1S/C14H20N2O3S2/c1-5-18-13(17)11-8-10-12(20-11)15-14(21-10)16(4)6-7-19-9(2)3/h8-9H,5-7H2,1-4H3. The molecule has 5 nitrogen and oxygen atoms in total. The minimum absolute atomic E-state index is 0.241. The fourth-order valence-electron chi connectivity index (χ4n) is 1.71. The number of fused-ring (bicyclic) bond motifs is 1. The predicted octanol–water partition coefficient (Wildman–Crippen LogP) is 3.40. The Labute approximate surface area is 132 Å². The molecule has 0 radical (unpaired) electrons. The van der Waals surface area contributed by atoms with Gasteiger partial charge in [0.15, 0.2) is 5.13 Å². The zero-order valence-electron chi connectivity index (χ0n) is 12.7. The van der Waals surface area contributed by atoms with E-state index in [-0.39, 0.29) is 12.1 Å². The van der Waals surface area contributed by atoms with Crippen molar-refractivity contribution in [3.63, 3.8) is 0 Å². The molecule has 2 aromatic rings. The van der Waals surface area contributed by atoms with Crippen LogP contribution >= 0.6 is 22.7 Å². The highest BCUT2D eigenvalue weighted by Crippen LogP contribution is 2.34. The molecule has 0 aromatic carbocycles. The van der Waals surface area contributed by atoms with E-state index in [4.69, 9.17) is 9.47 Å². The molecular weight excluding hydrogens is 308 g/mol. The lowest BCUT2D eigenvalue weighted by molar-refractivity contribution is 0.0532. The van der Waals surface area contributed by atoms with E-state index in [2.05, 4.69) is 9.88 Å². The van der Waals surface area contributed by atoms with Crippen LogP contribution in [0.25, 0.3) is 9.53 Å². The number of rotatable bonds is 7. The average molecular weight is 328 g/mol. The Morgan fingerprint density at radius 2 is 2.19 bits per heavy atom. The lowest BCUT2D eigenvalue weighted by Crippen LogP contribution is -2.23. The number of nitrogens with zero attached hydrogens (tertiary/aromatic N) is 2. The normalized spacial score (nSPS) is 11.3. The molecule has 0 bridgehead atoms. The first-order valence-corrected chi connectivity index (χ1v) is 8.54. The molecule has 0 amide bonds. The largest absolute Gasteiger partial charge is 0.462 e. The van der Waals surface area contributed by atoms with Gasteiger partial charge in [0.1, 0.15) is 9.71 Å². The molecule has 2 aromatic heterocycles. The van der Waals surface area contributed by atoms with Gasteiger partial charge in [0.2, 0.25) is 0 Å². The molecule has 0 aliphatic rings. The van der Waals surface area contributed by atoms with E-state index in [0.717, 1.165) is 21.2 Å². The summed E-state index contributed by atoms with van der Waals surface area (Å²) >= 11 is 2.96. The molecular formula is C14H20N2O3S2. The molecule has 2 rings (SSSR count). The highest BCUT2D eigenvalue weighted by molar-refractivity contribution is 7.29. The number of thiazole rings is 1. The van der Waals surface area contributed by atoms with Gasteiger partial charge < -0.3 is 14.4 Å².